The lowest BCUT2D eigenvalue weighted by Gasteiger charge is -2.32. The predicted molar refractivity (Wildman–Crippen MR) is 74.2 cm³/mol. The Bertz CT molecular complexity index is 630. The molecule has 0 saturated heterocycles. The van der Waals surface area contributed by atoms with E-state index in [0.717, 1.165) is 16.4 Å². The summed E-state index contributed by atoms with van der Waals surface area (Å²) in [7, 11) is -2.87. The summed E-state index contributed by atoms with van der Waals surface area (Å²) in [6.07, 6.45) is 0. The van der Waals surface area contributed by atoms with Gasteiger partial charge in [0.1, 0.15) is 0 Å². The van der Waals surface area contributed by atoms with Gasteiger partial charge in [0.15, 0.2) is 4.90 Å². The third kappa shape index (κ3) is 3.09. The van der Waals surface area contributed by atoms with E-state index in [-0.39, 0.29) is 5.02 Å². The quantitative estimate of drug-likeness (QED) is 0.656. The summed E-state index contributed by atoms with van der Waals surface area (Å²) in [5.41, 5.74) is -1.69. The number of nitro groups is 1. The van der Waals surface area contributed by atoms with Gasteiger partial charge in [0.25, 0.3) is 5.69 Å². The molecule has 0 unspecified atom stereocenters. The molecule has 0 saturated carbocycles. The lowest BCUT2D eigenvalue weighted by Crippen LogP contribution is -2.47. The second-order valence-electron chi connectivity index (χ2n) is 4.81. The number of nitrogens with zero attached hydrogens (tertiary/aromatic N) is 2. The Labute approximate surface area is 122 Å². The summed E-state index contributed by atoms with van der Waals surface area (Å²) in [5.74, 6) is 0. The van der Waals surface area contributed by atoms with Gasteiger partial charge in [-0.05, 0) is 26.0 Å². The molecule has 1 aromatic rings. The molecule has 0 radical (unpaired) electrons. The maximum absolute atomic E-state index is 12.4. The second kappa shape index (κ2) is 5.65. The van der Waals surface area contributed by atoms with Crippen LogP contribution >= 0.6 is 11.6 Å². The zero-order valence-electron chi connectivity index (χ0n) is 11.2. The van der Waals surface area contributed by atoms with Crippen LogP contribution in [-0.2, 0) is 10.0 Å². The van der Waals surface area contributed by atoms with E-state index in [4.69, 9.17) is 11.6 Å². The van der Waals surface area contributed by atoms with E-state index in [0.29, 0.717) is 0 Å². The molecule has 0 fully saturated rings. The molecule has 112 valence electrons. The van der Waals surface area contributed by atoms with Crippen LogP contribution in [0.2, 0.25) is 5.02 Å². The van der Waals surface area contributed by atoms with Gasteiger partial charge < -0.3 is 5.11 Å². The number of halogens is 1. The van der Waals surface area contributed by atoms with Gasteiger partial charge in [0, 0.05) is 18.1 Å². The lowest BCUT2D eigenvalue weighted by atomic mass is 10.1. The van der Waals surface area contributed by atoms with Crippen molar-refractivity contribution >= 4 is 27.3 Å². The molecule has 0 atom stereocenters. The fourth-order valence-corrected chi connectivity index (χ4v) is 3.23. The van der Waals surface area contributed by atoms with E-state index in [1.54, 1.807) is 0 Å². The topological polar surface area (TPSA) is 101 Å². The molecule has 0 amide bonds. The molecule has 0 spiro atoms. The minimum absolute atomic E-state index is 0.0692. The van der Waals surface area contributed by atoms with Gasteiger partial charge in [-0.3, -0.25) is 10.1 Å². The molecule has 20 heavy (non-hydrogen) atoms. The number of aliphatic hydroxyl groups excluding tert-OH is 1. The summed E-state index contributed by atoms with van der Waals surface area (Å²) in [6.45, 7) is 2.59. The lowest BCUT2D eigenvalue weighted by molar-refractivity contribution is -0.387. The highest BCUT2D eigenvalue weighted by molar-refractivity contribution is 7.89. The fraction of sp³-hybridized carbons (Fsp3) is 0.455. The molecular formula is C11H15ClN2O5S. The Kier molecular flexibility index (Phi) is 4.75. The van der Waals surface area contributed by atoms with E-state index >= 15 is 0 Å². The van der Waals surface area contributed by atoms with E-state index in [2.05, 4.69) is 0 Å². The highest BCUT2D eigenvalue weighted by Crippen LogP contribution is 2.31. The first-order valence-corrected chi connectivity index (χ1v) is 7.39. The minimum Gasteiger partial charge on any atom is -0.394 e. The van der Waals surface area contributed by atoms with Crippen LogP contribution in [0.3, 0.4) is 0 Å². The Morgan fingerprint density at radius 3 is 2.45 bits per heavy atom. The minimum atomic E-state index is -4.13. The van der Waals surface area contributed by atoms with Crippen molar-refractivity contribution in [2.24, 2.45) is 0 Å². The first kappa shape index (κ1) is 16.8. The Morgan fingerprint density at radius 2 is 2.00 bits per heavy atom. The standard InChI is InChI=1S/C11H15ClN2O5S/c1-11(2,7-15)13(3)20(18,19)10-5-4-8(12)6-9(10)14(16)17/h4-6,15H,7H2,1-3H3. The Morgan fingerprint density at radius 1 is 1.45 bits per heavy atom. The second-order valence-corrected chi connectivity index (χ2v) is 7.19. The number of rotatable bonds is 5. The largest absolute Gasteiger partial charge is 0.394 e. The molecule has 1 aromatic carbocycles. The van der Waals surface area contributed by atoms with Crippen molar-refractivity contribution in [3.8, 4) is 0 Å². The highest BCUT2D eigenvalue weighted by Gasteiger charge is 2.37. The molecule has 0 aliphatic carbocycles. The van der Waals surface area contributed by atoms with Crippen molar-refractivity contribution in [2.45, 2.75) is 24.3 Å². The van der Waals surface area contributed by atoms with Gasteiger partial charge in [-0.15, -0.1) is 0 Å². The zero-order valence-corrected chi connectivity index (χ0v) is 12.8. The summed E-state index contributed by atoms with van der Waals surface area (Å²) < 4.78 is 25.8. The smallest absolute Gasteiger partial charge is 0.290 e. The van der Waals surface area contributed by atoms with E-state index < -0.39 is 37.7 Å². The van der Waals surface area contributed by atoms with Gasteiger partial charge in [-0.25, -0.2) is 8.42 Å². The Hall–Kier alpha value is -1.22. The van der Waals surface area contributed by atoms with Crippen LogP contribution in [0, 0.1) is 10.1 Å². The van der Waals surface area contributed by atoms with Gasteiger partial charge in [0.05, 0.1) is 17.1 Å². The third-order valence-electron chi connectivity index (χ3n) is 3.00. The van der Waals surface area contributed by atoms with Crippen molar-refractivity contribution in [1.82, 2.24) is 4.31 Å². The third-order valence-corrected chi connectivity index (χ3v) is 5.35. The number of aliphatic hydroxyl groups is 1. The molecular weight excluding hydrogens is 308 g/mol. The fourth-order valence-electron chi connectivity index (χ4n) is 1.42. The molecule has 0 aliphatic rings. The van der Waals surface area contributed by atoms with E-state index in [1.807, 2.05) is 0 Å². The molecule has 0 heterocycles. The number of benzene rings is 1. The van der Waals surface area contributed by atoms with Crippen LogP contribution in [0.4, 0.5) is 5.69 Å². The average Bonchev–Trinajstić information content (AvgIpc) is 2.37. The molecule has 0 aromatic heterocycles. The monoisotopic (exact) mass is 322 g/mol. The van der Waals surface area contributed by atoms with Crippen LogP contribution in [-0.4, -0.2) is 41.9 Å². The highest BCUT2D eigenvalue weighted by atomic mass is 35.5. The van der Waals surface area contributed by atoms with Crippen molar-refractivity contribution < 1.29 is 18.4 Å². The first-order chi connectivity index (χ1) is 9.04. The number of sulfonamides is 1. The summed E-state index contributed by atoms with van der Waals surface area (Å²) >= 11 is 5.65. The number of nitro benzene ring substituents is 1. The number of hydrogen-bond donors (Lipinski definition) is 1. The summed E-state index contributed by atoms with van der Waals surface area (Å²) in [4.78, 5) is 9.71. The normalized spacial score (nSPS) is 12.7. The summed E-state index contributed by atoms with van der Waals surface area (Å²) in [5, 5.41) is 20.3. The van der Waals surface area contributed by atoms with E-state index in [1.165, 1.54) is 27.0 Å². The van der Waals surface area contributed by atoms with Gasteiger partial charge >= 0.3 is 0 Å². The van der Waals surface area contributed by atoms with Crippen molar-refractivity contribution in [2.75, 3.05) is 13.7 Å². The van der Waals surface area contributed by atoms with Gasteiger partial charge in [-0.1, -0.05) is 11.6 Å². The first-order valence-electron chi connectivity index (χ1n) is 5.58. The average molecular weight is 323 g/mol. The van der Waals surface area contributed by atoms with Gasteiger partial charge in [-0.2, -0.15) is 4.31 Å². The molecule has 0 aliphatic heterocycles. The zero-order chi connectivity index (χ0) is 15.7. The maximum Gasteiger partial charge on any atom is 0.290 e. The number of hydrogen-bond acceptors (Lipinski definition) is 5. The molecule has 9 heteroatoms. The van der Waals surface area contributed by atoms with Crippen molar-refractivity contribution in [1.29, 1.82) is 0 Å². The predicted octanol–water partition coefficient (Wildman–Crippen LogP) is 1.64. The number of likely N-dealkylation sites (N-methyl/N-ethyl adjacent to an activating group) is 1. The molecule has 7 nitrogen and oxygen atoms in total. The van der Waals surface area contributed by atoms with Crippen LogP contribution in [0.25, 0.3) is 0 Å². The van der Waals surface area contributed by atoms with Crippen LogP contribution in [0.1, 0.15) is 13.8 Å². The SMILES string of the molecule is CN(C(C)(C)CO)S(=O)(=O)c1ccc(Cl)cc1[N+](=O)[O-]. The van der Waals surface area contributed by atoms with Crippen LogP contribution in [0.15, 0.2) is 23.1 Å². The van der Waals surface area contributed by atoms with Crippen LogP contribution < -0.4 is 0 Å². The van der Waals surface area contributed by atoms with Gasteiger partial charge in [0.2, 0.25) is 10.0 Å². The van der Waals surface area contributed by atoms with E-state index in [9.17, 15) is 23.6 Å². The molecule has 1 rings (SSSR count). The van der Waals surface area contributed by atoms with Crippen molar-refractivity contribution in [3.63, 3.8) is 0 Å². The van der Waals surface area contributed by atoms with Crippen molar-refractivity contribution in [3.05, 3.63) is 33.3 Å². The van der Waals surface area contributed by atoms with Crippen LogP contribution in [0.5, 0.6) is 0 Å². The maximum atomic E-state index is 12.4. The molecule has 0 bridgehead atoms. The molecule has 1 N–H and O–H groups in total. The summed E-state index contributed by atoms with van der Waals surface area (Å²) in [6, 6.07) is 3.33. The Balaban J connectivity index is 3.48.